The fraction of sp³-hybridized carbons (Fsp3) is 0.442. The first-order valence-electron chi connectivity index (χ1n) is 19.2. The molecule has 2 aromatic heterocycles. The highest BCUT2D eigenvalue weighted by Crippen LogP contribution is 2.43. The van der Waals surface area contributed by atoms with Gasteiger partial charge in [0.25, 0.3) is 11.8 Å². The summed E-state index contributed by atoms with van der Waals surface area (Å²) in [6.07, 6.45) is 12.7. The molecule has 1 atom stereocenters. The van der Waals surface area contributed by atoms with Crippen LogP contribution in [0.3, 0.4) is 0 Å². The Morgan fingerprint density at radius 1 is 0.692 bits per heavy atom. The van der Waals surface area contributed by atoms with Crippen molar-refractivity contribution in [2.75, 3.05) is 36.8 Å². The van der Waals surface area contributed by atoms with Crippen LogP contribution in [-0.4, -0.2) is 69.0 Å². The van der Waals surface area contributed by atoms with E-state index in [1.54, 1.807) is 0 Å². The smallest absolute Gasteiger partial charge is 0.274 e. The van der Waals surface area contributed by atoms with Crippen molar-refractivity contribution in [3.05, 3.63) is 106 Å². The number of aliphatic hydroxyl groups is 1. The number of piperidine rings is 1. The van der Waals surface area contributed by atoms with Crippen molar-refractivity contribution < 1.29 is 14.7 Å². The number of pyridine rings is 2. The fourth-order valence-electron chi connectivity index (χ4n) is 8.11. The molecule has 4 aliphatic rings. The second-order valence-electron chi connectivity index (χ2n) is 15.5. The Hall–Kier alpha value is -4.44. The minimum Gasteiger partial charge on any atom is -0.392 e. The standard InChI is InChI=1S/C43H50N6O3/c1-27-34(8-6-10-38(27)46-42(51)40-20-36(29-12-13-29)31(22-44-40)24-48-17-4-3-5-18-48)35-9-7-11-39(28(35)2)47-43(52)41-21-37(30-14-15-30)32(23-45-41)25-49-19-16-33(50)26-49/h6-11,20-23,29-30,33,50H,3-5,12-19,24-26H2,1-2H3,(H,46,51)(H,47,52)/t33-/m0/s1. The molecule has 0 unspecified atom stereocenters. The molecule has 9 nitrogen and oxygen atoms in total. The van der Waals surface area contributed by atoms with Crippen LogP contribution >= 0.6 is 0 Å². The van der Waals surface area contributed by atoms with Crippen LogP contribution in [0.5, 0.6) is 0 Å². The lowest BCUT2D eigenvalue weighted by Crippen LogP contribution is -2.29. The summed E-state index contributed by atoms with van der Waals surface area (Å²) in [5, 5.41) is 16.3. The normalized spacial score (nSPS) is 19.5. The summed E-state index contributed by atoms with van der Waals surface area (Å²) in [7, 11) is 0. The van der Waals surface area contributed by atoms with E-state index in [0.29, 0.717) is 29.8 Å². The number of nitrogens with one attached hydrogen (secondary N) is 2. The van der Waals surface area contributed by atoms with Crippen molar-refractivity contribution in [2.24, 2.45) is 0 Å². The van der Waals surface area contributed by atoms with Gasteiger partial charge >= 0.3 is 0 Å². The Morgan fingerprint density at radius 3 is 1.65 bits per heavy atom. The van der Waals surface area contributed by atoms with Gasteiger partial charge in [-0.05, 0) is 152 Å². The summed E-state index contributed by atoms with van der Waals surface area (Å²) in [4.78, 5) is 41.3. The molecule has 2 aliphatic heterocycles. The molecule has 8 rings (SSSR count). The van der Waals surface area contributed by atoms with Gasteiger partial charge < -0.3 is 15.7 Å². The highest BCUT2D eigenvalue weighted by Gasteiger charge is 2.30. The van der Waals surface area contributed by atoms with Crippen LogP contribution in [0.25, 0.3) is 11.1 Å². The number of amides is 2. The van der Waals surface area contributed by atoms with Crippen LogP contribution in [-0.2, 0) is 13.1 Å². The molecular weight excluding hydrogens is 649 g/mol. The lowest BCUT2D eigenvalue weighted by Gasteiger charge is -2.27. The monoisotopic (exact) mass is 698 g/mol. The zero-order valence-corrected chi connectivity index (χ0v) is 30.5. The van der Waals surface area contributed by atoms with E-state index in [1.807, 2.05) is 62.6 Å². The van der Waals surface area contributed by atoms with E-state index in [9.17, 15) is 14.7 Å². The van der Waals surface area contributed by atoms with E-state index < -0.39 is 0 Å². The summed E-state index contributed by atoms with van der Waals surface area (Å²) in [5.74, 6) is 0.563. The van der Waals surface area contributed by atoms with Crippen LogP contribution in [0.4, 0.5) is 11.4 Å². The van der Waals surface area contributed by atoms with E-state index in [4.69, 9.17) is 0 Å². The van der Waals surface area contributed by atoms with Gasteiger partial charge in [0, 0.05) is 49.9 Å². The summed E-state index contributed by atoms with van der Waals surface area (Å²) < 4.78 is 0. The van der Waals surface area contributed by atoms with Crippen molar-refractivity contribution in [3.8, 4) is 11.1 Å². The van der Waals surface area contributed by atoms with Crippen LogP contribution < -0.4 is 10.6 Å². The zero-order valence-electron chi connectivity index (χ0n) is 30.5. The number of hydrogen-bond donors (Lipinski definition) is 3. The summed E-state index contributed by atoms with van der Waals surface area (Å²) in [6, 6.07) is 15.9. The Labute approximate surface area is 306 Å². The van der Waals surface area contributed by atoms with Crippen molar-refractivity contribution in [2.45, 2.75) is 96.2 Å². The van der Waals surface area contributed by atoms with Gasteiger partial charge in [0.05, 0.1) is 6.10 Å². The highest BCUT2D eigenvalue weighted by molar-refractivity contribution is 6.05. The van der Waals surface area contributed by atoms with Crippen molar-refractivity contribution in [3.63, 3.8) is 0 Å². The minimum atomic E-state index is -0.263. The molecule has 2 aliphatic carbocycles. The molecule has 52 heavy (non-hydrogen) atoms. The Balaban J connectivity index is 0.979. The lowest BCUT2D eigenvalue weighted by molar-refractivity contribution is 0.101. The highest BCUT2D eigenvalue weighted by atomic mass is 16.3. The number of nitrogens with zero attached hydrogens (tertiary/aromatic N) is 4. The third kappa shape index (κ3) is 7.68. The molecule has 270 valence electrons. The first-order chi connectivity index (χ1) is 25.3. The molecule has 4 fully saturated rings. The van der Waals surface area contributed by atoms with Crippen molar-refractivity contribution in [1.82, 2.24) is 19.8 Å². The van der Waals surface area contributed by atoms with Gasteiger partial charge in [-0.2, -0.15) is 0 Å². The third-order valence-corrected chi connectivity index (χ3v) is 11.5. The number of likely N-dealkylation sites (tertiary alicyclic amines) is 2. The average molecular weight is 699 g/mol. The Bertz CT molecular complexity index is 1850. The molecule has 2 saturated carbocycles. The fourth-order valence-corrected chi connectivity index (χ4v) is 8.11. The Morgan fingerprint density at radius 2 is 1.19 bits per heavy atom. The largest absolute Gasteiger partial charge is 0.392 e. The third-order valence-electron chi connectivity index (χ3n) is 11.5. The maximum Gasteiger partial charge on any atom is 0.274 e. The zero-order chi connectivity index (χ0) is 35.8. The molecule has 0 bridgehead atoms. The van der Waals surface area contributed by atoms with Gasteiger partial charge in [-0.3, -0.25) is 29.4 Å². The summed E-state index contributed by atoms with van der Waals surface area (Å²) in [5.41, 5.74) is 11.1. The molecular formula is C43H50N6O3. The molecule has 2 saturated heterocycles. The molecule has 2 aromatic carbocycles. The van der Waals surface area contributed by atoms with Gasteiger partial charge in [0.1, 0.15) is 11.4 Å². The number of aromatic nitrogens is 2. The first kappa shape index (κ1) is 34.6. The summed E-state index contributed by atoms with van der Waals surface area (Å²) >= 11 is 0. The van der Waals surface area contributed by atoms with Gasteiger partial charge in [-0.25, -0.2) is 0 Å². The second kappa shape index (κ2) is 14.9. The quantitative estimate of drug-likeness (QED) is 0.148. The van der Waals surface area contributed by atoms with Crippen molar-refractivity contribution in [1.29, 1.82) is 0 Å². The maximum atomic E-state index is 13.6. The molecule has 0 radical (unpaired) electrons. The molecule has 3 N–H and O–H groups in total. The van der Waals surface area contributed by atoms with Crippen LogP contribution in [0.15, 0.2) is 60.9 Å². The molecule has 9 heteroatoms. The van der Waals surface area contributed by atoms with Gasteiger partial charge in [0.2, 0.25) is 0 Å². The Kier molecular flexibility index (Phi) is 9.92. The number of carbonyl (C=O) groups excluding carboxylic acids is 2. The van der Waals surface area contributed by atoms with Crippen LogP contribution in [0.1, 0.15) is 118 Å². The number of anilines is 2. The topological polar surface area (TPSA) is 111 Å². The number of β-amino-alcohol motifs (C(OH)–C–C–N with tert-alkyl or cyclic N) is 1. The summed E-state index contributed by atoms with van der Waals surface area (Å²) in [6.45, 7) is 9.53. The number of carbonyl (C=O) groups is 2. The predicted molar refractivity (Wildman–Crippen MR) is 205 cm³/mol. The maximum absolute atomic E-state index is 13.6. The van der Waals surface area contributed by atoms with Gasteiger partial charge in [-0.1, -0.05) is 30.7 Å². The second-order valence-corrected chi connectivity index (χ2v) is 15.5. The predicted octanol–water partition coefficient (Wildman–Crippen LogP) is 7.57. The first-order valence-corrected chi connectivity index (χ1v) is 19.2. The number of aliphatic hydroxyl groups excluding tert-OH is 1. The number of hydrogen-bond acceptors (Lipinski definition) is 7. The van der Waals surface area contributed by atoms with Crippen molar-refractivity contribution >= 4 is 23.2 Å². The molecule has 4 heterocycles. The van der Waals surface area contributed by atoms with E-state index in [0.717, 1.165) is 91.2 Å². The van der Waals surface area contributed by atoms with Gasteiger partial charge in [0.15, 0.2) is 0 Å². The lowest BCUT2D eigenvalue weighted by atomic mass is 9.94. The SMILES string of the molecule is Cc1c(NC(=O)c2cc(C3CC3)c(CN3CCCCC3)cn2)cccc1-c1cccc(NC(=O)c2cc(C3CC3)c(CN3CC[C@H](O)C3)cn2)c1C. The number of benzene rings is 2. The van der Waals surface area contributed by atoms with E-state index in [1.165, 1.54) is 48.8 Å². The van der Waals surface area contributed by atoms with Crippen LogP contribution in [0, 0.1) is 13.8 Å². The average Bonchev–Trinajstić information content (AvgIpc) is 4.09. The van der Waals surface area contributed by atoms with Gasteiger partial charge in [-0.15, -0.1) is 0 Å². The molecule has 2 amide bonds. The van der Waals surface area contributed by atoms with Crippen LogP contribution in [0.2, 0.25) is 0 Å². The van der Waals surface area contributed by atoms with E-state index in [2.05, 4.69) is 42.5 Å². The minimum absolute atomic E-state index is 0.202. The molecule has 4 aromatic rings. The van der Waals surface area contributed by atoms with E-state index >= 15 is 0 Å². The number of rotatable bonds is 11. The molecule has 0 spiro atoms. The van der Waals surface area contributed by atoms with E-state index in [-0.39, 0.29) is 17.9 Å².